The molecule has 0 aromatic carbocycles. The lowest BCUT2D eigenvalue weighted by Gasteiger charge is -2.64. The van der Waals surface area contributed by atoms with Crippen LogP contribution in [0.2, 0.25) is 0 Å². The first-order valence-electron chi connectivity index (χ1n) is 13.6. The molecule has 7 aliphatic rings. The quantitative estimate of drug-likeness (QED) is 0.395. The normalized spacial score (nSPS) is 53.9. The fraction of sp³-hybridized carbons (Fsp3) is 0.700. The van der Waals surface area contributed by atoms with Crippen LogP contribution in [0.3, 0.4) is 0 Å². The molecule has 3 heterocycles. The van der Waals surface area contributed by atoms with Crippen LogP contribution in [0.15, 0.2) is 45.6 Å². The number of rotatable bonds is 0. The van der Waals surface area contributed by atoms with Crippen LogP contribution in [0.25, 0.3) is 0 Å². The summed E-state index contributed by atoms with van der Waals surface area (Å²) in [7, 11) is 0. The third-order valence-corrected chi connectivity index (χ3v) is 12.1. The Bertz CT molecular complexity index is 1200. The molecular weight excluding hydrogens is 440 g/mol. The van der Waals surface area contributed by atoms with Gasteiger partial charge >= 0.3 is 5.97 Å². The van der Waals surface area contributed by atoms with Crippen LogP contribution in [0.1, 0.15) is 73.6 Å². The van der Waals surface area contributed by atoms with Crippen molar-refractivity contribution in [3.05, 3.63) is 45.6 Å². The summed E-state index contributed by atoms with van der Waals surface area (Å²) in [5.74, 6) is 0.274. The van der Waals surface area contributed by atoms with E-state index in [1.807, 2.05) is 6.92 Å². The predicted molar refractivity (Wildman–Crippen MR) is 131 cm³/mol. The SMILES string of the molecule is CC1=C2C3C4OC5(CC6=CCCC(C)C6(C)C(O)C5=C4C)C2(C=C2C(O)CCC(C)C23C)OC1=O. The van der Waals surface area contributed by atoms with Gasteiger partial charge in [0.05, 0.1) is 18.3 Å². The van der Waals surface area contributed by atoms with Gasteiger partial charge in [-0.3, -0.25) is 0 Å². The van der Waals surface area contributed by atoms with Crippen LogP contribution in [0, 0.1) is 28.6 Å². The van der Waals surface area contributed by atoms with E-state index in [-0.39, 0.29) is 28.8 Å². The highest BCUT2D eigenvalue weighted by atomic mass is 16.6. The number of hydrogen-bond donors (Lipinski definition) is 2. The molecule has 1 saturated heterocycles. The highest BCUT2D eigenvalue weighted by Gasteiger charge is 2.79. The second-order valence-electron chi connectivity index (χ2n) is 13.1. The van der Waals surface area contributed by atoms with Crippen molar-refractivity contribution in [1.29, 1.82) is 0 Å². The maximum absolute atomic E-state index is 13.3. The lowest BCUT2D eigenvalue weighted by molar-refractivity contribution is -0.215. The zero-order valence-electron chi connectivity index (χ0n) is 21.8. The molecule has 10 atom stereocenters. The van der Waals surface area contributed by atoms with Gasteiger partial charge in [-0.15, -0.1) is 0 Å². The molecule has 188 valence electrons. The monoisotopic (exact) mass is 478 g/mol. The molecule has 3 fully saturated rings. The van der Waals surface area contributed by atoms with E-state index in [0.29, 0.717) is 23.8 Å². The molecule has 3 aliphatic heterocycles. The first kappa shape index (κ1) is 22.5. The topological polar surface area (TPSA) is 76.0 Å². The van der Waals surface area contributed by atoms with Gasteiger partial charge in [-0.05, 0) is 79.7 Å². The Balaban J connectivity index is 1.57. The van der Waals surface area contributed by atoms with Crippen LogP contribution in [0.5, 0.6) is 0 Å². The summed E-state index contributed by atoms with van der Waals surface area (Å²) in [4.78, 5) is 13.3. The Labute approximate surface area is 208 Å². The molecule has 1 spiro atoms. The molecule has 35 heavy (non-hydrogen) atoms. The number of allylic oxidation sites excluding steroid dienone is 1. The van der Waals surface area contributed by atoms with Gasteiger partial charge in [0, 0.05) is 28.7 Å². The second kappa shape index (κ2) is 6.41. The molecule has 5 heteroatoms. The summed E-state index contributed by atoms with van der Waals surface area (Å²) in [5, 5.41) is 23.5. The van der Waals surface area contributed by atoms with Crippen molar-refractivity contribution in [2.75, 3.05) is 0 Å². The lowest BCUT2D eigenvalue weighted by Crippen LogP contribution is -2.70. The largest absolute Gasteiger partial charge is 0.443 e. The van der Waals surface area contributed by atoms with Crippen molar-refractivity contribution < 1.29 is 24.5 Å². The summed E-state index contributed by atoms with van der Waals surface area (Å²) in [6.07, 6.45) is 7.19. The average molecular weight is 479 g/mol. The molecule has 2 N–H and O–H groups in total. The molecule has 4 bridgehead atoms. The Morgan fingerprint density at radius 1 is 1.00 bits per heavy atom. The molecule has 4 aliphatic carbocycles. The summed E-state index contributed by atoms with van der Waals surface area (Å²) in [6, 6.07) is 0. The molecule has 0 aromatic rings. The van der Waals surface area contributed by atoms with Crippen molar-refractivity contribution in [2.45, 2.75) is 103 Å². The smallest absolute Gasteiger partial charge is 0.335 e. The zero-order chi connectivity index (χ0) is 24.9. The molecule has 2 saturated carbocycles. The van der Waals surface area contributed by atoms with E-state index >= 15 is 0 Å². The van der Waals surface area contributed by atoms with Gasteiger partial charge < -0.3 is 19.7 Å². The first-order chi connectivity index (χ1) is 16.4. The van der Waals surface area contributed by atoms with E-state index in [1.54, 1.807) is 0 Å². The fourth-order valence-electron chi connectivity index (χ4n) is 9.65. The highest BCUT2D eigenvalue weighted by Crippen LogP contribution is 2.74. The maximum Gasteiger partial charge on any atom is 0.335 e. The first-order valence-corrected chi connectivity index (χ1v) is 13.6. The van der Waals surface area contributed by atoms with E-state index < -0.39 is 23.4 Å². The molecule has 10 unspecified atom stereocenters. The van der Waals surface area contributed by atoms with Crippen molar-refractivity contribution in [3.63, 3.8) is 0 Å². The minimum atomic E-state index is -1.11. The molecular formula is C30H38O5. The summed E-state index contributed by atoms with van der Waals surface area (Å²) < 4.78 is 13.6. The van der Waals surface area contributed by atoms with Gasteiger partial charge in [0.25, 0.3) is 0 Å². The van der Waals surface area contributed by atoms with Crippen LogP contribution < -0.4 is 0 Å². The Hall–Kier alpha value is -1.69. The summed E-state index contributed by atoms with van der Waals surface area (Å²) in [6.45, 7) is 13.0. The minimum absolute atomic E-state index is 0.101. The maximum atomic E-state index is 13.3. The van der Waals surface area contributed by atoms with Crippen molar-refractivity contribution in [2.24, 2.45) is 28.6 Å². The lowest BCUT2D eigenvalue weighted by atomic mass is 9.46. The van der Waals surface area contributed by atoms with Gasteiger partial charge in [0.15, 0.2) is 5.60 Å². The molecule has 0 amide bonds. The second-order valence-corrected chi connectivity index (χ2v) is 13.1. The average Bonchev–Trinajstić information content (AvgIpc) is 3.24. The van der Waals surface area contributed by atoms with Gasteiger partial charge in [-0.1, -0.05) is 39.3 Å². The van der Waals surface area contributed by atoms with Gasteiger partial charge in [0.2, 0.25) is 0 Å². The van der Waals surface area contributed by atoms with E-state index in [4.69, 9.17) is 9.47 Å². The van der Waals surface area contributed by atoms with Gasteiger partial charge in [0.1, 0.15) is 5.60 Å². The number of hydrogen-bond acceptors (Lipinski definition) is 5. The number of carbonyl (C=O) groups is 1. The van der Waals surface area contributed by atoms with Crippen molar-refractivity contribution in [3.8, 4) is 0 Å². The molecule has 0 radical (unpaired) electrons. The third kappa shape index (κ3) is 2.12. The van der Waals surface area contributed by atoms with Crippen LogP contribution in [0.4, 0.5) is 0 Å². The van der Waals surface area contributed by atoms with E-state index in [9.17, 15) is 15.0 Å². The van der Waals surface area contributed by atoms with Crippen LogP contribution in [-0.2, 0) is 14.3 Å². The fourth-order valence-corrected chi connectivity index (χ4v) is 9.65. The summed E-state index contributed by atoms with van der Waals surface area (Å²) in [5.41, 5.74) is 3.21. The molecule has 0 aromatic heterocycles. The van der Waals surface area contributed by atoms with E-state index in [2.05, 4.69) is 46.8 Å². The Morgan fingerprint density at radius 3 is 2.46 bits per heavy atom. The number of esters is 1. The van der Waals surface area contributed by atoms with E-state index in [1.165, 1.54) is 5.57 Å². The molecule has 7 rings (SSSR count). The zero-order valence-corrected chi connectivity index (χ0v) is 21.8. The van der Waals surface area contributed by atoms with Gasteiger partial charge in [-0.25, -0.2) is 4.79 Å². The summed E-state index contributed by atoms with van der Waals surface area (Å²) >= 11 is 0. The van der Waals surface area contributed by atoms with Crippen LogP contribution in [-0.4, -0.2) is 45.7 Å². The van der Waals surface area contributed by atoms with Crippen molar-refractivity contribution >= 4 is 5.97 Å². The minimum Gasteiger partial charge on any atom is -0.443 e. The van der Waals surface area contributed by atoms with Gasteiger partial charge in [-0.2, -0.15) is 0 Å². The highest BCUT2D eigenvalue weighted by molar-refractivity contribution is 5.95. The van der Waals surface area contributed by atoms with Crippen LogP contribution >= 0.6 is 0 Å². The third-order valence-electron chi connectivity index (χ3n) is 12.1. The Morgan fingerprint density at radius 2 is 1.71 bits per heavy atom. The number of aliphatic hydroxyl groups is 2. The standard InChI is InChI=1S/C30H38O5/c1-14-8-7-9-18-12-29-22(25(32)27(14,18)5)16(3)24(34-29)23-21-17(4)26(33)35-30(21,29)13-19-20(31)11-10-15(2)28(19,23)6/h9,13-15,20,23-25,31-32H,7-8,10-12H2,1-6H3. The number of aliphatic hydroxyl groups excluding tert-OH is 2. The number of fused-ring (bicyclic) bond motifs is 5. The van der Waals surface area contributed by atoms with E-state index in [0.717, 1.165) is 48.0 Å². The van der Waals surface area contributed by atoms with Crippen molar-refractivity contribution in [1.82, 2.24) is 0 Å². The Kier molecular flexibility index (Phi) is 4.12. The molecule has 5 nitrogen and oxygen atoms in total. The number of ether oxygens (including phenoxy) is 2. The predicted octanol–water partition coefficient (Wildman–Crippen LogP) is 4.55. The number of carbonyl (C=O) groups excluding carboxylic acids is 1.